The molecule has 0 bridgehead atoms. The number of aromatic nitrogens is 2. The molecule has 5 nitrogen and oxygen atoms in total. The van der Waals surface area contributed by atoms with Crippen LogP contribution in [-0.4, -0.2) is 54.2 Å². The maximum Gasteiger partial charge on any atom is 0.411 e. The summed E-state index contributed by atoms with van der Waals surface area (Å²) in [5.74, 6) is 0.596. The van der Waals surface area contributed by atoms with Crippen molar-refractivity contribution in [2.45, 2.75) is 13.1 Å². The van der Waals surface area contributed by atoms with Gasteiger partial charge in [0.1, 0.15) is 23.6 Å². The smallest absolute Gasteiger partial charge is 0.395 e. The van der Waals surface area contributed by atoms with E-state index in [9.17, 15) is 13.2 Å². The number of alkyl halides is 3. The summed E-state index contributed by atoms with van der Waals surface area (Å²) in [6.45, 7) is 0.895. The van der Waals surface area contributed by atoms with Crippen molar-refractivity contribution in [3.63, 3.8) is 0 Å². The van der Waals surface area contributed by atoms with E-state index in [2.05, 4.69) is 14.7 Å². The first-order valence-electron chi connectivity index (χ1n) is 6.62. The first-order valence-corrected chi connectivity index (χ1v) is 7.44. The molecule has 0 aromatic carbocycles. The van der Waals surface area contributed by atoms with Crippen LogP contribution in [0.3, 0.4) is 0 Å². The Balaban J connectivity index is 2.09. The number of fused-ring (bicyclic) bond motifs is 1. The molecule has 0 saturated carbocycles. The Bertz CT molecular complexity index is 618. The Morgan fingerprint density at radius 1 is 1.32 bits per heavy atom. The van der Waals surface area contributed by atoms with Crippen molar-refractivity contribution >= 4 is 27.4 Å². The lowest BCUT2D eigenvalue weighted by atomic mass is 10.3. The highest BCUT2D eigenvalue weighted by molar-refractivity contribution is 7.18. The zero-order valence-corrected chi connectivity index (χ0v) is 12.7. The minimum Gasteiger partial charge on any atom is -0.395 e. The monoisotopic (exact) mass is 335 g/mol. The molecule has 0 aliphatic heterocycles. The molecule has 0 saturated heterocycles. The minimum absolute atomic E-state index is 0.103. The van der Waals surface area contributed by atoms with Crippen molar-refractivity contribution in [3.05, 3.63) is 17.3 Å². The van der Waals surface area contributed by atoms with Gasteiger partial charge in [-0.05, 0) is 13.0 Å². The van der Waals surface area contributed by atoms with Gasteiger partial charge in [0.2, 0.25) is 0 Å². The number of nitrogens with zero attached hydrogens (tertiary/aromatic N) is 3. The molecular formula is C13H16F3N3O2S. The Morgan fingerprint density at radius 3 is 2.77 bits per heavy atom. The highest BCUT2D eigenvalue weighted by Crippen LogP contribution is 2.29. The van der Waals surface area contributed by atoms with E-state index in [1.807, 2.05) is 13.0 Å². The van der Waals surface area contributed by atoms with E-state index < -0.39 is 12.8 Å². The predicted octanol–water partition coefficient (Wildman–Crippen LogP) is 2.38. The Kier molecular flexibility index (Phi) is 5.54. The molecule has 0 amide bonds. The van der Waals surface area contributed by atoms with E-state index in [0.717, 1.165) is 15.1 Å². The van der Waals surface area contributed by atoms with Gasteiger partial charge < -0.3 is 14.7 Å². The van der Waals surface area contributed by atoms with E-state index in [1.165, 1.54) is 17.7 Å². The average molecular weight is 335 g/mol. The lowest BCUT2D eigenvalue weighted by Gasteiger charge is -2.23. The van der Waals surface area contributed by atoms with Gasteiger partial charge in [0.05, 0.1) is 18.6 Å². The fourth-order valence-corrected chi connectivity index (χ4v) is 2.86. The third kappa shape index (κ3) is 4.52. The molecule has 2 aromatic heterocycles. The van der Waals surface area contributed by atoms with Crippen molar-refractivity contribution in [1.82, 2.24) is 9.97 Å². The number of ether oxygens (including phenoxy) is 1. The summed E-state index contributed by atoms with van der Waals surface area (Å²) in [5, 5.41) is 9.99. The highest BCUT2D eigenvalue weighted by atomic mass is 32.1. The molecule has 0 radical (unpaired) electrons. The van der Waals surface area contributed by atoms with Crippen molar-refractivity contribution in [1.29, 1.82) is 0 Å². The van der Waals surface area contributed by atoms with Crippen LogP contribution in [0.5, 0.6) is 0 Å². The number of halogens is 3. The third-order valence-corrected chi connectivity index (χ3v) is 3.83. The Hall–Kier alpha value is -1.45. The molecule has 2 rings (SSSR count). The molecule has 0 aliphatic rings. The number of hydrogen-bond acceptors (Lipinski definition) is 6. The molecule has 0 aliphatic carbocycles. The number of aliphatic hydroxyl groups is 1. The maximum atomic E-state index is 12.1. The van der Waals surface area contributed by atoms with Crippen LogP contribution in [0.2, 0.25) is 0 Å². The van der Waals surface area contributed by atoms with Crippen LogP contribution in [0.15, 0.2) is 12.4 Å². The fourth-order valence-electron chi connectivity index (χ4n) is 2.02. The van der Waals surface area contributed by atoms with Crippen LogP contribution < -0.4 is 4.90 Å². The molecule has 2 heterocycles. The summed E-state index contributed by atoms with van der Waals surface area (Å²) in [7, 11) is 0. The van der Waals surface area contributed by atoms with Crippen LogP contribution in [0.25, 0.3) is 10.2 Å². The SMILES string of the molecule is Cc1cc2c(N(CCO)CCOCC(F)(F)F)ncnc2s1. The van der Waals surface area contributed by atoms with Crippen molar-refractivity contribution in [2.75, 3.05) is 37.8 Å². The molecule has 2 aromatic rings. The summed E-state index contributed by atoms with van der Waals surface area (Å²) < 4.78 is 40.8. The van der Waals surface area contributed by atoms with E-state index in [1.54, 1.807) is 4.90 Å². The molecule has 0 atom stereocenters. The zero-order valence-electron chi connectivity index (χ0n) is 11.9. The zero-order chi connectivity index (χ0) is 16.2. The first-order chi connectivity index (χ1) is 10.4. The van der Waals surface area contributed by atoms with Crippen LogP contribution in [0, 0.1) is 6.92 Å². The normalized spacial score (nSPS) is 12.0. The Morgan fingerprint density at radius 2 is 2.09 bits per heavy atom. The number of anilines is 1. The summed E-state index contributed by atoms with van der Waals surface area (Å²) in [6, 6.07) is 1.93. The predicted molar refractivity (Wildman–Crippen MR) is 78.3 cm³/mol. The number of aliphatic hydroxyl groups excluding tert-OH is 1. The van der Waals surface area contributed by atoms with Crippen LogP contribution in [0.4, 0.5) is 19.0 Å². The van der Waals surface area contributed by atoms with Crippen LogP contribution >= 0.6 is 11.3 Å². The second-order valence-electron chi connectivity index (χ2n) is 4.65. The van der Waals surface area contributed by atoms with E-state index in [-0.39, 0.29) is 26.3 Å². The molecule has 0 fully saturated rings. The van der Waals surface area contributed by atoms with Gasteiger partial charge in [0, 0.05) is 18.0 Å². The molecule has 122 valence electrons. The van der Waals surface area contributed by atoms with Gasteiger partial charge in [-0.15, -0.1) is 11.3 Å². The van der Waals surface area contributed by atoms with Crippen LogP contribution in [-0.2, 0) is 4.74 Å². The number of aryl methyl sites for hydroxylation is 1. The quantitative estimate of drug-likeness (QED) is 0.787. The van der Waals surface area contributed by atoms with Crippen LogP contribution in [0.1, 0.15) is 4.88 Å². The van der Waals surface area contributed by atoms with E-state index in [4.69, 9.17) is 5.11 Å². The van der Waals surface area contributed by atoms with Gasteiger partial charge in [0.25, 0.3) is 0 Å². The lowest BCUT2D eigenvalue weighted by Crippen LogP contribution is -2.32. The lowest BCUT2D eigenvalue weighted by molar-refractivity contribution is -0.173. The van der Waals surface area contributed by atoms with E-state index in [0.29, 0.717) is 5.82 Å². The summed E-state index contributed by atoms with van der Waals surface area (Å²) in [4.78, 5) is 11.9. The second kappa shape index (κ2) is 7.21. The number of thiophene rings is 1. The molecule has 9 heteroatoms. The standard InChI is InChI=1S/C13H16F3N3O2S/c1-9-6-10-11(17-8-18-12(10)22-9)19(2-4-20)3-5-21-7-13(14,15)16/h6,8,20H,2-5,7H2,1H3. The number of rotatable bonds is 7. The first kappa shape index (κ1) is 16.9. The molecule has 22 heavy (non-hydrogen) atoms. The largest absolute Gasteiger partial charge is 0.411 e. The number of hydrogen-bond donors (Lipinski definition) is 1. The van der Waals surface area contributed by atoms with Crippen molar-refractivity contribution in [3.8, 4) is 0 Å². The van der Waals surface area contributed by atoms with Gasteiger partial charge in [-0.1, -0.05) is 0 Å². The second-order valence-corrected chi connectivity index (χ2v) is 5.89. The van der Waals surface area contributed by atoms with Crippen molar-refractivity contribution < 1.29 is 23.0 Å². The summed E-state index contributed by atoms with van der Waals surface area (Å²) in [5.41, 5.74) is 0. The maximum absolute atomic E-state index is 12.1. The molecule has 0 spiro atoms. The van der Waals surface area contributed by atoms with Gasteiger partial charge in [-0.3, -0.25) is 0 Å². The van der Waals surface area contributed by atoms with Gasteiger partial charge in [-0.25, -0.2) is 9.97 Å². The topological polar surface area (TPSA) is 58.5 Å². The van der Waals surface area contributed by atoms with E-state index >= 15 is 0 Å². The Labute approximate surface area is 129 Å². The summed E-state index contributed by atoms with van der Waals surface area (Å²) in [6.07, 6.45) is -2.93. The molecular weight excluding hydrogens is 319 g/mol. The van der Waals surface area contributed by atoms with Crippen molar-refractivity contribution in [2.24, 2.45) is 0 Å². The van der Waals surface area contributed by atoms with Gasteiger partial charge >= 0.3 is 6.18 Å². The third-order valence-electron chi connectivity index (χ3n) is 2.87. The minimum atomic E-state index is -4.34. The molecule has 0 unspecified atom stereocenters. The van der Waals surface area contributed by atoms with Gasteiger partial charge in [-0.2, -0.15) is 13.2 Å². The highest BCUT2D eigenvalue weighted by Gasteiger charge is 2.27. The van der Waals surface area contributed by atoms with Gasteiger partial charge in [0.15, 0.2) is 0 Å². The molecule has 1 N–H and O–H groups in total. The summed E-state index contributed by atoms with van der Waals surface area (Å²) >= 11 is 1.51. The fraction of sp³-hybridized carbons (Fsp3) is 0.538. The average Bonchev–Trinajstić information content (AvgIpc) is 2.81.